The van der Waals surface area contributed by atoms with Crippen molar-refractivity contribution in [3.8, 4) is 0 Å². The maximum absolute atomic E-state index is 11.1. The van der Waals surface area contributed by atoms with Gasteiger partial charge in [0.2, 0.25) is 0 Å². The minimum absolute atomic E-state index is 0.193. The minimum atomic E-state index is -0.651. The smallest absolute Gasteiger partial charge is 0.308 e. The van der Waals surface area contributed by atoms with E-state index in [0.717, 1.165) is 18.8 Å². The molecule has 110 valence electrons. The molecule has 4 heteroatoms. The van der Waals surface area contributed by atoms with Crippen molar-refractivity contribution in [1.82, 2.24) is 4.90 Å². The number of carboxylic acids is 1. The van der Waals surface area contributed by atoms with Crippen LogP contribution >= 0.6 is 11.8 Å². The van der Waals surface area contributed by atoms with Gasteiger partial charge >= 0.3 is 5.97 Å². The zero-order valence-corrected chi connectivity index (χ0v) is 13.2. The fraction of sp³-hybridized carbons (Fsp3) is 0.562. The molecule has 1 heterocycles. The van der Waals surface area contributed by atoms with E-state index in [-0.39, 0.29) is 11.8 Å². The molecule has 1 N–H and O–H groups in total. The monoisotopic (exact) mass is 293 g/mol. The summed E-state index contributed by atoms with van der Waals surface area (Å²) in [7, 11) is 0. The van der Waals surface area contributed by atoms with E-state index in [4.69, 9.17) is 5.11 Å². The first-order chi connectivity index (χ1) is 9.47. The van der Waals surface area contributed by atoms with Crippen molar-refractivity contribution in [2.75, 3.05) is 25.4 Å². The predicted molar refractivity (Wildman–Crippen MR) is 83.4 cm³/mol. The lowest BCUT2D eigenvalue weighted by Crippen LogP contribution is -2.25. The van der Waals surface area contributed by atoms with E-state index in [2.05, 4.69) is 36.9 Å². The lowest BCUT2D eigenvalue weighted by Gasteiger charge is -2.14. The topological polar surface area (TPSA) is 40.5 Å². The molecule has 0 bridgehead atoms. The first-order valence-electron chi connectivity index (χ1n) is 7.12. The second-order valence-corrected chi connectivity index (χ2v) is 6.94. The van der Waals surface area contributed by atoms with Gasteiger partial charge < -0.3 is 10.0 Å². The van der Waals surface area contributed by atoms with Crippen molar-refractivity contribution in [3.63, 3.8) is 0 Å². The average Bonchev–Trinajstić information content (AvgIpc) is 2.75. The number of carbonyl (C=O) groups is 1. The highest BCUT2D eigenvalue weighted by Gasteiger charge is 2.34. The third-order valence-corrected chi connectivity index (χ3v) is 5.13. The van der Waals surface area contributed by atoms with E-state index in [1.165, 1.54) is 16.0 Å². The summed E-state index contributed by atoms with van der Waals surface area (Å²) in [4.78, 5) is 14.7. The number of aliphatic carboxylic acids is 1. The molecule has 1 saturated heterocycles. The number of likely N-dealkylation sites (tertiary alicyclic amines) is 1. The van der Waals surface area contributed by atoms with Gasteiger partial charge in [-0.15, -0.1) is 11.8 Å². The van der Waals surface area contributed by atoms with Gasteiger partial charge in [0.15, 0.2) is 0 Å². The van der Waals surface area contributed by atoms with Gasteiger partial charge in [-0.05, 0) is 43.0 Å². The molecular weight excluding hydrogens is 270 g/mol. The molecule has 0 saturated carbocycles. The lowest BCUT2D eigenvalue weighted by atomic mass is 9.99. The molecule has 0 radical (unpaired) electrons. The molecule has 0 spiro atoms. The summed E-state index contributed by atoms with van der Waals surface area (Å²) in [6.07, 6.45) is 0. The van der Waals surface area contributed by atoms with Crippen LogP contribution < -0.4 is 0 Å². The molecule has 3 nitrogen and oxygen atoms in total. The van der Waals surface area contributed by atoms with Crippen molar-refractivity contribution in [3.05, 3.63) is 29.3 Å². The summed E-state index contributed by atoms with van der Waals surface area (Å²) in [6.45, 7) is 8.87. The Balaban J connectivity index is 1.79. The van der Waals surface area contributed by atoms with Gasteiger partial charge in [-0.25, -0.2) is 0 Å². The zero-order valence-electron chi connectivity index (χ0n) is 12.4. The summed E-state index contributed by atoms with van der Waals surface area (Å²) < 4.78 is 0. The van der Waals surface area contributed by atoms with E-state index in [1.54, 1.807) is 0 Å². The van der Waals surface area contributed by atoms with Gasteiger partial charge in [0.05, 0.1) is 5.92 Å². The largest absolute Gasteiger partial charge is 0.481 e. The second-order valence-electron chi connectivity index (χ2n) is 5.78. The average molecular weight is 293 g/mol. The first-order valence-corrected chi connectivity index (χ1v) is 8.11. The quantitative estimate of drug-likeness (QED) is 0.847. The van der Waals surface area contributed by atoms with E-state index < -0.39 is 5.97 Å². The van der Waals surface area contributed by atoms with Gasteiger partial charge in [0.1, 0.15) is 0 Å². The highest BCUT2D eigenvalue weighted by atomic mass is 32.2. The van der Waals surface area contributed by atoms with Crippen molar-refractivity contribution in [1.29, 1.82) is 0 Å². The van der Waals surface area contributed by atoms with Gasteiger partial charge in [-0.1, -0.05) is 13.0 Å². The molecule has 1 aromatic rings. The van der Waals surface area contributed by atoms with E-state index >= 15 is 0 Å². The standard InChI is InChI=1S/C16H23NO2S/c1-11-4-5-14(8-12(11)2)20-7-6-17-9-13(3)15(10-17)16(18)19/h4-5,8,13,15H,6-7,9-10H2,1-3H3,(H,18,19)/t13-,15-/m1/s1. The van der Waals surface area contributed by atoms with Gasteiger partial charge in [0, 0.05) is 30.3 Å². The molecule has 1 aliphatic rings. The van der Waals surface area contributed by atoms with Crippen molar-refractivity contribution >= 4 is 17.7 Å². The Bertz CT molecular complexity index is 489. The maximum Gasteiger partial charge on any atom is 0.308 e. The van der Waals surface area contributed by atoms with Crippen molar-refractivity contribution in [2.24, 2.45) is 11.8 Å². The van der Waals surface area contributed by atoms with Crippen molar-refractivity contribution < 1.29 is 9.90 Å². The Hall–Kier alpha value is -1.00. The van der Waals surface area contributed by atoms with Crippen LogP contribution in [0.1, 0.15) is 18.1 Å². The molecule has 1 aromatic carbocycles. The lowest BCUT2D eigenvalue weighted by molar-refractivity contribution is -0.142. The number of benzene rings is 1. The normalized spacial score (nSPS) is 23.1. The molecule has 0 unspecified atom stereocenters. The van der Waals surface area contributed by atoms with E-state index in [0.29, 0.717) is 6.54 Å². The number of hydrogen-bond donors (Lipinski definition) is 1. The van der Waals surface area contributed by atoms with Gasteiger partial charge in [-0.2, -0.15) is 0 Å². The maximum atomic E-state index is 11.1. The Morgan fingerprint density at radius 2 is 2.10 bits per heavy atom. The fourth-order valence-electron chi connectivity index (χ4n) is 2.67. The number of carboxylic acid groups (broad SMARTS) is 1. The van der Waals surface area contributed by atoms with Crippen LogP contribution in [0.3, 0.4) is 0 Å². The third kappa shape index (κ3) is 3.76. The van der Waals surface area contributed by atoms with Crippen LogP contribution in [0.2, 0.25) is 0 Å². The molecule has 20 heavy (non-hydrogen) atoms. The van der Waals surface area contributed by atoms with Crippen molar-refractivity contribution in [2.45, 2.75) is 25.7 Å². The van der Waals surface area contributed by atoms with Crippen LogP contribution in [0.25, 0.3) is 0 Å². The molecule has 0 amide bonds. The Morgan fingerprint density at radius 1 is 1.35 bits per heavy atom. The highest BCUT2D eigenvalue weighted by molar-refractivity contribution is 7.99. The molecular formula is C16H23NO2S. The highest BCUT2D eigenvalue weighted by Crippen LogP contribution is 2.25. The summed E-state index contributed by atoms with van der Waals surface area (Å²) in [5.74, 6) is 0.434. The number of thioether (sulfide) groups is 1. The fourth-order valence-corrected chi connectivity index (χ4v) is 3.68. The zero-order chi connectivity index (χ0) is 14.7. The Kier molecular flexibility index (Phi) is 5.11. The van der Waals surface area contributed by atoms with Gasteiger partial charge in [0.25, 0.3) is 0 Å². The summed E-state index contributed by atoms with van der Waals surface area (Å²) >= 11 is 1.85. The van der Waals surface area contributed by atoms with E-state index in [9.17, 15) is 4.79 Å². The van der Waals surface area contributed by atoms with E-state index in [1.807, 2.05) is 18.7 Å². The molecule has 2 rings (SSSR count). The minimum Gasteiger partial charge on any atom is -0.481 e. The summed E-state index contributed by atoms with van der Waals surface area (Å²) in [5, 5.41) is 9.13. The first kappa shape index (κ1) is 15.4. The van der Waals surface area contributed by atoms with Crippen LogP contribution in [-0.4, -0.2) is 41.4 Å². The molecule has 1 aliphatic heterocycles. The SMILES string of the molecule is Cc1ccc(SCCN2C[C@@H](C)[C@H](C(=O)O)C2)cc1C. The van der Waals surface area contributed by atoms with Gasteiger partial charge in [-0.3, -0.25) is 4.79 Å². The molecule has 0 aromatic heterocycles. The number of aryl methyl sites for hydroxylation is 2. The Morgan fingerprint density at radius 3 is 2.70 bits per heavy atom. The van der Waals surface area contributed by atoms with Crippen LogP contribution in [-0.2, 0) is 4.79 Å². The van der Waals surface area contributed by atoms with Crippen LogP contribution in [0.4, 0.5) is 0 Å². The number of nitrogens with zero attached hydrogens (tertiary/aromatic N) is 1. The third-order valence-electron chi connectivity index (χ3n) is 4.16. The van der Waals surface area contributed by atoms with Crippen LogP contribution in [0.15, 0.2) is 23.1 Å². The molecule has 2 atom stereocenters. The van der Waals surface area contributed by atoms with Crippen LogP contribution in [0, 0.1) is 25.7 Å². The summed E-state index contributed by atoms with van der Waals surface area (Å²) in [6, 6.07) is 6.56. The number of hydrogen-bond acceptors (Lipinski definition) is 3. The molecule has 0 aliphatic carbocycles. The summed E-state index contributed by atoms with van der Waals surface area (Å²) in [5.41, 5.74) is 2.66. The predicted octanol–water partition coefficient (Wildman–Crippen LogP) is 3.05. The molecule has 1 fully saturated rings. The second kappa shape index (κ2) is 6.64. The van der Waals surface area contributed by atoms with Crippen LogP contribution in [0.5, 0.6) is 0 Å². The Labute approximate surface area is 125 Å². The number of rotatable bonds is 5.